The van der Waals surface area contributed by atoms with E-state index in [9.17, 15) is 9.59 Å². The summed E-state index contributed by atoms with van der Waals surface area (Å²) in [4.78, 5) is 21.2. The molecule has 0 aliphatic carbocycles. The summed E-state index contributed by atoms with van der Waals surface area (Å²) in [6, 6.07) is 6.62. The number of carbonyl (C=O) groups excluding carboxylic acids is 2. The Morgan fingerprint density at radius 1 is 1.25 bits per heavy atom. The van der Waals surface area contributed by atoms with Gasteiger partial charge in [-0.3, -0.25) is 14.7 Å². The van der Waals surface area contributed by atoms with Gasteiger partial charge in [0.15, 0.2) is 5.78 Å². The highest BCUT2D eigenvalue weighted by molar-refractivity contribution is 6.38. The molecule has 1 aromatic carbocycles. The number of ketones is 2. The lowest BCUT2D eigenvalue weighted by molar-refractivity contribution is -0.149. The maximum absolute atomic E-state index is 10.8. The van der Waals surface area contributed by atoms with Gasteiger partial charge in [-0.25, -0.2) is 0 Å². The average molecular weight is 398 g/mol. The van der Waals surface area contributed by atoms with Gasteiger partial charge in [-0.05, 0) is 12.1 Å². The van der Waals surface area contributed by atoms with Crippen molar-refractivity contribution >= 4 is 17.8 Å². The molecule has 2 rings (SSSR count). The number of phenols is 1. The highest BCUT2D eigenvalue weighted by Crippen LogP contribution is 2.12. The van der Waals surface area contributed by atoms with Crippen molar-refractivity contribution in [2.45, 2.75) is 25.2 Å². The van der Waals surface area contributed by atoms with Crippen LogP contribution in [0.1, 0.15) is 12.5 Å². The van der Waals surface area contributed by atoms with Crippen molar-refractivity contribution in [1.82, 2.24) is 15.4 Å². The van der Waals surface area contributed by atoms with Gasteiger partial charge in [0.2, 0.25) is 5.78 Å². The van der Waals surface area contributed by atoms with E-state index in [4.69, 9.17) is 30.7 Å². The standard InChI is InChI=1S/C7H7NO2.C7H12O6.C2H3N3/c9-7-4-2-1-3-6(7)5-8-10;1-3(9)5(11)7(13)6(12)4(10)2-8;1-2-4-5-3-1/h1-5,9-10H;4,6-8,10,12-13H,2H2,1H3;1-2H,(H,3,4,5). The zero-order valence-electron chi connectivity index (χ0n) is 14.8. The molecule has 0 amide bonds. The van der Waals surface area contributed by atoms with Gasteiger partial charge in [0.25, 0.3) is 0 Å². The second-order valence-corrected chi connectivity index (χ2v) is 5.07. The summed E-state index contributed by atoms with van der Waals surface area (Å²) in [5.41, 5.74) is 0.505. The monoisotopic (exact) mass is 398 g/mol. The number of aliphatic hydroxyl groups is 4. The van der Waals surface area contributed by atoms with E-state index in [1.807, 2.05) is 0 Å². The van der Waals surface area contributed by atoms with E-state index in [1.54, 1.807) is 30.6 Å². The molecule has 0 bridgehead atoms. The molecule has 7 N–H and O–H groups in total. The number of aromatic nitrogens is 3. The molecular weight excluding hydrogens is 376 g/mol. The molecule has 1 heterocycles. The van der Waals surface area contributed by atoms with Gasteiger partial charge in [-0.15, -0.1) is 5.10 Å². The SMILES string of the molecule is CC(=O)C(=O)C(O)C(O)C(O)CO.ON=Cc1ccccc1O.c1c[nH]nn1. The molecule has 0 radical (unpaired) electrons. The Hall–Kier alpha value is -3.19. The highest BCUT2D eigenvalue weighted by atomic mass is 16.4. The zero-order valence-corrected chi connectivity index (χ0v) is 14.8. The first-order chi connectivity index (χ1) is 13.3. The lowest BCUT2D eigenvalue weighted by atomic mass is 10.0. The molecule has 1 aromatic heterocycles. The molecule has 12 nitrogen and oxygen atoms in total. The topological polar surface area (TPSA) is 209 Å². The van der Waals surface area contributed by atoms with Gasteiger partial charge >= 0.3 is 0 Å². The molecule has 2 aromatic rings. The van der Waals surface area contributed by atoms with Crippen LogP contribution in [0.3, 0.4) is 0 Å². The number of Topliss-reactive ketones (excluding diaryl/α,β-unsaturated/α-hetero) is 2. The van der Waals surface area contributed by atoms with Crippen LogP contribution >= 0.6 is 0 Å². The summed E-state index contributed by atoms with van der Waals surface area (Å²) in [6.45, 7) is 0.132. The maximum atomic E-state index is 10.8. The van der Waals surface area contributed by atoms with E-state index in [2.05, 4.69) is 20.6 Å². The molecular formula is C16H22N4O8. The molecule has 0 saturated heterocycles. The van der Waals surface area contributed by atoms with Crippen LogP contribution in [0.25, 0.3) is 0 Å². The minimum absolute atomic E-state index is 0.111. The van der Waals surface area contributed by atoms with Gasteiger partial charge in [0.05, 0.1) is 19.0 Å². The Kier molecular flexibility index (Phi) is 12.4. The van der Waals surface area contributed by atoms with Crippen LogP contribution in [0.2, 0.25) is 0 Å². The number of hydrogen-bond donors (Lipinski definition) is 7. The van der Waals surface area contributed by atoms with Crippen LogP contribution in [-0.2, 0) is 9.59 Å². The molecule has 0 fully saturated rings. The van der Waals surface area contributed by atoms with E-state index in [-0.39, 0.29) is 5.75 Å². The van der Waals surface area contributed by atoms with Crippen LogP contribution in [0.5, 0.6) is 5.75 Å². The molecule has 28 heavy (non-hydrogen) atoms. The van der Waals surface area contributed by atoms with Crippen molar-refractivity contribution in [2.75, 3.05) is 6.61 Å². The van der Waals surface area contributed by atoms with Crippen molar-refractivity contribution in [3.63, 3.8) is 0 Å². The molecule has 12 heteroatoms. The predicted molar refractivity (Wildman–Crippen MR) is 94.7 cm³/mol. The minimum atomic E-state index is -1.99. The average Bonchev–Trinajstić information content (AvgIpc) is 3.28. The van der Waals surface area contributed by atoms with Crippen molar-refractivity contribution < 1.29 is 40.3 Å². The number of carbonyl (C=O) groups is 2. The predicted octanol–water partition coefficient (Wildman–Crippen LogP) is -1.78. The first kappa shape index (κ1) is 24.8. The number of benzene rings is 1. The number of oxime groups is 1. The van der Waals surface area contributed by atoms with E-state index in [1.165, 1.54) is 12.3 Å². The quantitative estimate of drug-likeness (QED) is 0.126. The molecule has 0 saturated carbocycles. The fraction of sp³-hybridized carbons (Fsp3) is 0.312. The van der Waals surface area contributed by atoms with Gasteiger partial charge < -0.3 is 30.7 Å². The fourth-order valence-electron chi connectivity index (χ4n) is 1.51. The van der Waals surface area contributed by atoms with Crippen molar-refractivity contribution in [3.8, 4) is 5.75 Å². The smallest absolute Gasteiger partial charge is 0.229 e. The van der Waals surface area contributed by atoms with E-state index < -0.39 is 36.5 Å². The molecule has 0 spiro atoms. The summed E-state index contributed by atoms with van der Waals surface area (Å²) < 4.78 is 0. The van der Waals surface area contributed by atoms with E-state index in [0.717, 1.165) is 6.92 Å². The summed E-state index contributed by atoms with van der Waals surface area (Å²) in [5, 5.41) is 64.3. The molecule has 154 valence electrons. The maximum Gasteiger partial charge on any atom is 0.229 e. The zero-order chi connectivity index (χ0) is 21.5. The highest BCUT2D eigenvalue weighted by Gasteiger charge is 2.31. The number of nitrogens with zero attached hydrogens (tertiary/aromatic N) is 3. The molecule has 0 aliphatic rings. The summed E-state index contributed by atoms with van der Waals surface area (Å²) in [6.07, 6.45) is -1.06. The first-order valence-corrected chi connectivity index (χ1v) is 7.71. The van der Waals surface area contributed by atoms with Crippen molar-refractivity contribution in [1.29, 1.82) is 0 Å². The lowest BCUT2D eigenvalue weighted by Crippen LogP contribution is -2.45. The number of aromatic amines is 1. The van der Waals surface area contributed by atoms with Crippen molar-refractivity contribution in [2.24, 2.45) is 5.16 Å². The normalized spacial score (nSPS) is 13.3. The number of rotatable bonds is 6. The van der Waals surface area contributed by atoms with Gasteiger partial charge in [0.1, 0.15) is 24.1 Å². The number of hydrogen-bond acceptors (Lipinski definition) is 11. The summed E-state index contributed by atoms with van der Waals surface area (Å²) >= 11 is 0. The molecule has 3 atom stereocenters. The number of nitrogens with one attached hydrogen (secondary N) is 1. The van der Waals surface area contributed by atoms with Crippen LogP contribution in [0.4, 0.5) is 0 Å². The van der Waals surface area contributed by atoms with Crippen LogP contribution in [0.15, 0.2) is 41.8 Å². The number of phenolic OH excluding ortho intramolecular Hbond substituents is 1. The van der Waals surface area contributed by atoms with Crippen LogP contribution in [-0.4, -0.2) is 88.9 Å². The first-order valence-electron chi connectivity index (χ1n) is 7.71. The second kappa shape index (κ2) is 13.9. The third-order valence-electron chi connectivity index (χ3n) is 2.99. The third-order valence-corrected chi connectivity index (χ3v) is 2.99. The Morgan fingerprint density at radius 3 is 2.29 bits per heavy atom. The molecule has 0 aliphatic heterocycles. The van der Waals surface area contributed by atoms with Crippen LogP contribution in [0, 0.1) is 0 Å². The number of aromatic hydroxyl groups is 1. The van der Waals surface area contributed by atoms with Gasteiger partial charge in [-0.1, -0.05) is 22.5 Å². The van der Waals surface area contributed by atoms with Crippen molar-refractivity contribution in [3.05, 3.63) is 42.2 Å². The van der Waals surface area contributed by atoms with Gasteiger partial charge in [0, 0.05) is 18.7 Å². The summed E-state index contributed by atoms with van der Waals surface area (Å²) in [7, 11) is 0. The summed E-state index contributed by atoms with van der Waals surface area (Å²) in [5.74, 6) is -2.00. The fourth-order valence-corrected chi connectivity index (χ4v) is 1.51. The Morgan fingerprint density at radius 2 is 1.89 bits per heavy atom. The van der Waals surface area contributed by atoms with Gasteiger partial charge in [-0.2, -0.15) is 0 Å². The Bertz CT molecular complexity index is 706. The minimum Gasteiger partial charge on any atom is -0.507 e. The van der Waals surface area contributed by atoms with Crippen LogP contribution < -0.4 is 0 Å². The largest absolute Gasteiger partial charge is 0.507 e. The van der Waals surface area contributed by atoms with E-state index in [0.29, 0.717) is 5.56 Å². The Labute approximate surface area is 159 Å². The van der Waals surface area contributed by atoms with E-state index >= 15 is 0 Å². The lowest BCUT2D eigenvalue weighted by Gasteiger charge is -2.19. The second-order valence-electron chi connectivity index (χ2n) is 5.07. The third kappa shape index (κ3) is 9.49. The molecule has 3 unspecified atom stereocenters. The number of para-hydroxylation sites is 1. The number of H-pyrrole nitrogens is 1. The Balaban J connectivity index is 0.000000425. The number of aliphatic hydroxyl groups excluding tert-OH is 4.